The van der Waals surface area contributed by atoms with E-state index in [1.807, 2.05) is 0 Å². The molecule has 1 aliphatic rings. The molecule has 0 spiro atoms. The average molecular weight is 221 g/mol. The SMILES string of the molecule is CC(C)(N)CS(=O)(=O)C1CCCOC1. The lowest BCUT2D eigenvalue weighted by atomic mass is 10.1. The normalized spacial score (nSPS) is 24.9. The zero-order valence-electron chi connectivity index (χ0n) is 8.82. The first kappa shape index (κ1) is 11.9. The quantitative estimate of drug-likeness (QED) is 0.745. The van der Waals surface area contributed by atoms with E-state index >= 15 is 0 Å². The summed E-state index contributed by atoms with van der Waals surface area (Å²) >= 11 is 0. The van der Waals surface area contributed by atoms with Gasteiger partial charge in [0.05, 0.1) is 17.6 Å². The van der Waals surface area contributed by atoms with Gasteiger partial charge in [-0.1, -0.05) is 0 Å². The Kier molecular flexibility index (Phi) is 3.55. The van der Waals surface area contributed by atoms with Crippen LogP contribution >= 0.6 is 0 Å². The Balaban J connectivity index is 2.64. The number of hydrogen-bond acceptors (Lipinski definition) is 4. The second-order valence-corrected chi connectivity index (χ2v) is 6.92. The average Bonchev–Trinajstić information content (AvgIpc) is 2.01. The fourth-order valence-corrected chi connectivity index (χ4v) is 3.73. The van der Waals surface area contributed by atoms with Crippen molar-refractivity contribution in [2.75, 3.05) is 19.0 Å². The molecule has 1 heterocycles. The van der Waals surface area contributed by atoms with Gasteiger partial charge in [0.15, 0.2) is 9.84 Å². The zero-order valence-corrected chi connectivity index (χ0v) is 9.64. The fourth-order valence-electron chi connectivity index (χ4n) is 1.63. The van der Waals surface area contributed by atoms with E-state index in [1.165, 1.54) is 0 Å². The van der Waals surface area contributed by atoms with Crippen LogP contribution in [0.5, 0.6) is 0 Å². The standard InChI is InChI=1S/C9H19NO3S/c1-9(2,10)7-14(11,12)8-4-3-5-13-6-8/h8H,3-7,10H2,1-2H3. The predicted molar refractivity (Wildman–Crippen MR) is 55.9 cm³/mol. The van der Waals surface area contributed by atoms with Crippen molar-refractivity contribution < 1.29 is 13.2 Å². The van der Waals surface area contributed by atoms with Crippen molar-refractivity contribution in [3.05, 3.63) is 0 Å². The van der Waals surface area contributed by atoms with Gasteiger partial charge in [0.2, 0.25) is 0 Å². The van der Waals surface area contributed by atoms with Gasteiger partial charge in [-0.25, -0.2) is 8.42 Å². The number of hydrogen-bond donors (Lipinski definition) is 1. The van der Waals surface area contributed by atoms with Gasteiger partial charge in [-0.3, -0.25) is 0 Å². The molecule has 0 aromatic carbocycles. The maximum absolute atomic E-state index is 11.8. The topological polar surface area (TPSA) is 69.4 Å². The molecular weight excluding hydrogens is 202 g/mol. The van der Waals surface area contributed by atoms with Crippen molar-refractivity contribution in [2.24, 2.45) is 5.73 Å². The molecule has 1 rings (SSSR count). The Labute approximate surface area is 85.7 Å². The molecule has 84 valence electrons. The summed E-state index contributed by atoms with van der Waals surface area (Å²) in [6, 6.07) is 0. The van der Waals surface area contributed by atoms with Crippen LogP contribution in [0, 0.1) is 0 Å². The highest BCUT2D eigenvalue weighted by Crippen LogP contribution is 2.18. The van der Waals surface area contributed by atoms with E-state index in [2.05, 4.69) is 0 Å². The van der Waals surface area contributed by atoms with Crippen LogP contribution in [0.3, 0.4) is 0 Å². The Hall–Kier alpha value is -0.130. The summed E-state index contributed by atoms with van der Waals surface area (Å²) in [7, 11) is -3.09. The van der Waals surface area contributed by atoms with Crippen molar-refractivity contribution in [3.8, 4) is 0 Å². The van der Waals surface area contributed by atoms with Crippen LogP contribution in [0.15, 0.2) is 0 Å². The molecule has 5 heteroatoms. The van der Waals surface area contributed by atoms with Crippen molar-refractivity contribution in [1.29, 1.82) is 0 Å². The van der Waals surface area contributed by atoms with E-state index in [1.54, 1.807) is 13.8 Å². The van der Waals surface area contributed by atoms with Crippen LogP contribution in [0.1, 0.15) is 26.7 Å². The van der Waals surface area contributed by atoms with Gasteiger partial charge in [0.25, 0.3) is 0 Å². The number of nitrogens with two attached hydrogens (primary N) is 1. The van der Waals surface area contributed by atoms with Crippen LogP contribution in [-0.2, 0) is 14.6 Å². The summed E-state index contributed by atoms with van der Waals surface area (Å²) < 4.78 is 28.8. The summed E-state index contributed by atoms with van der Waals surface area (Å²) in [5.41, 5.74) is 5.05. The maximum Gasteiger partial charge on any atom is 0.157 e. The molecular formula is C9H19NO3S. The molecule has 2 N–H and O–H groups in total. The lowest BCUT2D eigenvalue weighted by molar-refractivity contribution is 0.0990. The largest absolute Gasteiger partial charge is 0.380 e. The molecule has 1 atom stereocenters. The minimum Gasteiger partial charge on any atom is -0.380 e. The lowest BCUT2D eigenvalue weighted by Gasteiger charge is -2.26. The van der Waals surface area contributed by atoms with E-state index in [9.17, 15) is 8.42 Å². The highest BCUT2D eigenvalue weighted by molar-refractivity contribution is 7.92. The molecule has 1 saturated heterocycles. The van der Waals surface area contributed by atoms with E-state index in [0.717, 1.165) is 6.42 Å². The third-order valence-corrected chi connectivity index (χ3v) is 4.73. The number of rotatable bonds is 3. The predicted octanol–water partition coefficient (Wildman–Crippen LogP) is 0.317. The minimum atomic E-state index is -3.09. The van der Waals surface area contributed by atoms with E-state index < -0.39 is 15.4 Å². The van der Waals surface area contributed by atoms with Gasteiger partial charge in [-0.2, -0.15) is 0 Å². The molecule has 0 saturated carbocycles. The summed E-state index contributed by atoms with van der Waals surface area (Å²) in [5.74, 6) is 0.0357. The van der Waals surface area contributed by atoms with Gasteiger partial charge >= 0.3 is 0 Å². The van der Waals surface area contributed by atoms with Crippen molar-refractivity contribution >= 4 is 9.84 Å². The summed E-state index contributed by atoms with van der Waals surface area (Å²) in [6.45, 7) is 4.47. The first-order chi connectivity index (χ1) is 6.31. The molecule has 0 aliphatic carbocycles. The highest BCUT2D eigenvalue weighted by atomic mass is 32.2. The van der Waals surface area contributed by atoms with Gasteiger partial charge < -0.3 is 10.5 Å². The second kappa shape index (κ2) is 4.16. The molecule has 1 aliphatic heterocycles. The molecule has 0 bridgehead atoms. The number of ether oxygens (including phenoxy) is 1. The Morgan fingerprint density at radius 3 is 2.57 bits per heavy atom. The third kappa shape index (κ3) is 3.55. The van der Waals surface area contributed by atoms with Gasteiger partial charge in [-0.05, 0) is 26.7 Å². The Morgan fingerprint density at radius 1 is 1.50 bits per heavy atom. The molecule has 14 heavy (non-hydrogen) atoms. The van der Waals surface area contributed by atoms with Crippen LogP contribution in [0.4, 0.5) is 0 Å². The van der Waals surface area contributed by atoms with Gasteiger partial charge in [-0.15, -0.1) is 0 Å². The van der Waals surface area contributed by atoms with Crippen LogP contribution in [-0.4, -0.2) is 38.2 Å². The van der Waals surface area contributed by atoms with E-state index in [-0.39, 0.29) is 11.0 Å². The van der Waals surface area contributed by atoms with Gasteiger partial charge in [0, 0.05) is 12.1 Å². The summed E-state index contributed by atoms with van der Waals surface area (Å²) in [4.78, 5) is 0. The maximum atomic E-state index is 11.8. The van der Waals surface area contributed by atoms with Crippen molar-refractivity contribution in [2.45, 2.75) is 37.5 Å². The molecule has 1 fully saturated rings. The third-order valence-electron chi connectivity index (χ3n) is 2.20. The monoisotopic (exact) mass is 221 g/mol. The number of sulfone groups is 1. The van der Waals surface area contributed by atoms with Crippen molar-refractivity contribution in [1.82, 2.24) is 0 Å². The second-order valence-electron chi connectivity index (χ2n) is 4.63. The molecule has 0 amide bonds. The smallest absolute Gasteiger partial charge is 0.157 e. The Morgan fingerprint density at radius 2 is 2.14 bits per heavy atom. The fraction of sp³-hybridized carbons (Fsp3) is 1.00. The molecule has 0 radical (unpaired) electrons. The van der Waals surface area contributed by atoms with E-state index in [4.69, 9.17) is 10.5 Å². The summed E-state index contributed by atoms with van der Waals surface area (Å²) in [5, 5.41) is -0.348. The minimum absolute atomic E-state index is 0.0357. The first-order valence-corrected chi connectivity index (χ1v) is 6.61. The van der Waals surface area contributed by atoms with Crippen LogP contribution < -0.4 is 5.73 Å². The Bertz CT molecular complexity index is 273. The summed E-state index contributed by atoms with van der Waals surface area (Å²) in [6.07, 6.45) is 1.54. The molecule has 1 unspecified atom stereocenters. The zero-order chi connectivity index (χ0) is 10.8. The van der Waals surface area contributed by atoms with Gasteiger partial charge in [0.1, 0.15) is 0 Å². The highest BCUT2D eigenvalue weighted by Gasteiger charge is 2.31. The van der Waals surface area contributed by atoms with Crippen LogP contribution in [0.2, 0.25) is 0 Å². The van der Waals surface area contributed by atoms with Crippen LogP contribution in [0.25, 0.3) is 0 Å². The lowest BCUT2D eigenvalue weighted by Crippen LogP contribution is -2.44. The van der Waals surface area contributed by atoms with Crippen molar-refractivity contribution in [3.63, 3.8) is 0 Å². The molecule has 4 nitrogen and oxygen atoms in total. The van der Waals surface area contributed by atoms with E-state index in [0.29, 0.717) is 19.6 Å². The molecule has 0 aromatic heterocycles. The molecule has 0 aromatic rings. The first-order valence-electron chi connectivity index (χ1n) is 4.89.